The first-order valence-electron chi connectivity index (χ1n) is 9.35. The van der Waals surface area contributed by atoms with Gasteiger partial charge in [0, 0.05) is 34.3 Å². The van der Waals surface area contributed by atoms with Gasteiger partial charge < -0.3 is 0 Å². The molecule has 0 spiro atoms. The van der Waals surface area contributed by atoms with Crippen molar-refractivity contribution in [3.05, 3.63) is 78.0 Å². The Bertz CT molecular complexity index is 1430. The zero-order valence-electron chi connectivity index (χ0n) is 15.9. The van der Waals surface area contributed by atoms with Crippen molar-refractivity contribution < 1.29 is 13.2 Å². The van der Waals surface area contributed by atoms with Crippen LogP contribution in [0.5, 0.6) is 0 Å². The van der Waals surface area contributed by atoms with Gasteiger partial charge in [0.25, 0.3) is 10.0 Å². The Kier molecular flexibility index (Phi) is 5.46. The van der Waals surface area contributed by atoms with Crippen LogP contribution in [0.1, 0.15) is 28.8 Å². The molecule has 1 heterocycles. The van der Waals surface area contributed by atoms with E-state index >= 15 is 0 Å². The first kappa shape index (κ1) is 20.3. The van der Waals surface area contributed by atoms with Crippen LogP contribution in [0.4, 0.5) is 0 Å². The molecule has 0 atom stereocenters. The molecule has 0 radical (unpaired) electrons. The topological polar surface area (TPSA) is 79.9 Å². The van der Waals surface area contributed by atoms with Crippen molar-refractivity contribution in [2.75, 3.05) is 5.33 Å². The number of ketones is 1. The molecule has 7 heteroatoms. The zero-order chi connectivity index (χ0) is 21.3. The number of aromatic nitrogens is 1. The van der Waals surface area contributed by atoms with Crippen molar-refractivity contribution in [1.29, 1.82) is 5.26 Å². The Morgan fingerprint density at radius 2 is 1.80 bits per heavy atom. The molecule has 3 aromatic carbocycles. The third-order valence-corrected chi connectivity index (χ3v) is 7.32. The van der Waals surface area contributed by atoms with E-state index in [4.69, 9.17) is 0 Å². The van der Waals surface area contributed by atoms with E-state index in [0.29, 0.717) is 39.2 Å². The van der Waals surface area contributed by atoms with Gasteiger partial charge in [0.05, 0.1) is 22.0 Å². The van der Waals surface area contributed by atoms with Crippen LogP contribution in [0.15, 0.2) is 71.8 Å². The third-order valence-electron chi connectivity index (χ3n) is 5.02. The van der Waals surface area contributed by atoms with Crippen molar-refractivity contribution in [1.82, 2.24) is 3.97 Å². The van der Waals surface area contributed by atoms with Crippen LogP contribution in [-0.2, 0) is 10.0 Å². The Labute approximate surface area is 182 Å². The number of nitriles is 1. The van der Waals surface area contributed by atoms with Crippen LogP contribution in [-0.4, -0.2) is 23.5 Å². The minimum atomic E-state index is -3.97. The van der Waals surface area contributed by atoms with Crippen molar-refractivity contribution in [2.24, 2.45) is 0 Å². The molecule has 30 heavy (non-hydrogen) atoms. The number of carbonyl (C=O) groups is 1. The van der Waals surface area contributed by atoms with Crippen molar-refractivity contribution in [3.8, 4) is 6.07 Å². The number of Topliss-reactive ketones (excluding diaryl/α,β-unsaturated/α-hetero) is 1. The van der Waals surface area contributed by atoms with Crippen molar-refractivity contribution in [2.45, 2.75) is 17.7 Å². The van der Waals surface area contributed by atoms with Gasteiger partial charge in [-0.25, -0.2) is 12.4 Å². The fourth-order valence-corrected chi connectivity index (χ4v) is 5.45. The number of hydrogen-bond donors (Lipinski definition) is 0. The molecule has 0 aliphatic carbocycles. The van der Waals surface area contributed by atoms with E-state index in [2.05, 4.69) is 22.0 Å². The van der Waals surface area contributed by atoms with Gasteiger partial charge in [0.1, 0.15) is 0 Å². The summed E-state index contributed by atoms with van der Waals surface area (Å²) in [4.78, 5) is 13.0. The van der Waals surface area contributed by atoms with Gasteiger partial charge >= 0.3 is 0 Å². The van der Waals surface area contributed by atoms with Crippen LogP contribution >= 0.6 is 15.9 Å². The highest BCUT2D eigenvalue weighted by Crippen LogP contribution is 2.31. The SMILES string of the molecule is N#Cc1ccc2c(c1)c(C(=O)CCCBr)cn2S(=O)(=O)c1cccc2ccccc12. The summed E-state index contributed by atoms with van der Waals surface area (Å²) in [6.45, 7) is 0. The van der Waals surface area contributed by atoms with Gasteiger partial charge in [-0.1, -0.05) is 52.3 Å². The molecule has 4 rings (SSSR count). The van der Waals surface area contributed by atoms with E-state index in [0.717, 1.165) is 9.36 Å². The summed E-state index contributed by atoms with van der Waals surface area (Å²) in [5, 5.41) is 11.8. The average Bonchev–Trinajstić information content (AvgIpc) is 3.16. The highest BCUT2D eigenvalue weighted by atomic mass is 79.9. The standard InChI is InChI=1S/C23H17BrN2O3S/c24-12-4-8-22(27)20-15-26(21-11-10-16(14-25)13-19(20)21)30(28,29)23-9-3-6-17-5-1-2-7-18(17)23/h1-3,5-7,9-11,13,15H,4,8,12H2. The summed E-state index contributed by atoms with van der Waals surface area (Å²) < 4.78 is 28.5. The largest absolute Gasteiger partial charge is 0.294 e. The highest BCUT2D eigenvalue weighted by molar-refractivity contribution is 9.09. The number of halogens is 1. The van der Waals surface area contributed by atoms with E-state index in [1.54, 1.807) is 42.5 Å². The molecule has 0 N–H and O–H groups in total. The number of fused-ring (bicyclic) bond motifs is 2. The molecular formula is C23H17BrN2O3S. The molecule has 150 valence electrons. The van der Waals surface area contributed by atoms with Gasteiger partial charge in [-0.05, 0) is 36.1 Å². The van der Waals surface area contributed by atoms with Crippen molar-refractivity contribution >= 4 is 53.4 Å². The van der Waals surface area contributed by atoms with Gasteiger partial charge in [-0.3, -0.25) is 4.79 Å². The van der Waals surface area contributed by atoms with E-state index in [1.165, 1.54) is 6.20 Å². The molecule has 5 nitrogen and oxygen atoms in total. The number of alkyl halides is 1. The number of nitrogens with zero attached hydrogens (tertiary/aromatic N) is 2. The van der Waals surface area contributed by atoms with Crippen LogP contribution < -0.4 is 0 Å². The van der Waals surface area contributed by atoms with Gasteiger partial charge in [-0.2, -0.15) is 5.26 Å². The maximum Gasteiger partial charge on any atom is 0.268 e. The monoisotopic (exact) mass is 480 g/mol. The second-order valence-electron chi connectivity index (χ2n) is 6.88. The second kappa shape index (κ2) is 8.05. The minimum absolute atomic E-state index is 0.151. The highest BCUT2D eigenvalue weighted by Gasteiger charge is 2.25. The molecule has 0 saturated heterocycles. The Morgan fingerprint density at radius 1 is 1.03 bits per heavy atom. The normalized spacial score (nSPS) is 11.6. The lowest BCUT2D eigenvalue weighted by Crippen LogP contribution is -2.12. The van der Waals surface area contributed by atoms with Crippen LogP contribution in [0, 0.1) is 11.3 Å². The molecule has 0 saturated carbocycles. The fourth-order valence-electron chi connectivity index (χ4n) is 3.58. The van der Waals surface area contributed by atoms with E-state index in [1.807, 2.05) is 18.2 Å². The average molecular weight is 481 g/mol. The first-order chi connectivity index (χ1) is 14.5. The number of benzene rings is 3. The van der Waals surface area contributed by atoms with Crippen molar-refractivity contribution in [3.63, 3.8) is 0 Å². The molecule has 1 aromatic heterocycles. The van der Waals surface area contributed by atoms with E-state index in [9.17, 15) is 18.5 Å². The number of hydrogen-bond acceptors (Lipinski definition) is 4. The summed E-state index contributed by atoms with van der Waals surface area (Å²) >= 11 is 3.32. The zero-order valence-corrected chi connectivity index (χ0v) is 18.3. The Morgan fingerprint density at radius 3 is 2.57 bits per heavy atom. The number of carbonyl (C=O) groups excluding carboxylic acids is 1. The Balaban J connectivity index is 1.98. The Hall–Kier alpha value is -2.95. The maximum absolute atomic E-state index is 13.6. The van der Waals surface area contributed by atoms with Crippen LogP contribution in [0.2, 0.25) is 0 Å². The molecule has 0 aliphatic rings. The molecule has 0 amide bonds. The summed E-state index contributed by atoms with van der Waals surface area (Å²) in [5.74, 6) is -0.151. The van der Waals surface area contributed by atoms with E-state index in [-0.39, 0.29) is 17.1 Å². The molecule has 0 unspecified atom stereocenters. The predicted molar refractivity (Wildman–Crippen MR) is 121 cm³/mol. The number of rotatable bonds is 6. The summed E-state index contributed by atoms with van der Waals surface area (Å²) in [6, 6.07) is 19.2. The minimum Gasteiger partial charge on any atom is -0.294 e. The van der Waals surface area contributed by atoms with Gasteiger partial charge in [0.2, 0.25) is 0 Å². The molecule has 4 aromatic rings. The van der Waals surface area contributed by atoms with E-state index < -0.39 is 10.0 Å². The summed E-state index contributed by atoms with van der Waals surface area (Å²) in [6.07, 6.45) is 2.31. The lowest BCUT2D eigenvalue weighted by atomic mass is 10.0. The molecule has 0 fully saturated rings. The summed E-state index contributed by atoms with van der Waals surface area (Å²) in [7, 11) is -3.97. The fraction of sp³-hybridized carbons (Fsp3) is 0.130. The second-order valence-corrected chi connectivity index (χ2v) is 9.46. The van der Waals surface area contributed by atoms with Crippen LogP contribution in [0.25, 0.3) is 21.7 Å². The first-order valence-corrected chi connectivity index (χ1v) is 11.9. The predicted octanol–water partition coefficient (Wildman–Crippen LogP) is 5.26. The lowest BCUT2D eigenvalue weighted by molar-refractivity contribution is 0.0983. The molecular weight excluding hydrogens is 464 g/mol. The van der Waals surface area contributed by atoms with Gasteiger partial charge in [0.15, 0.2) is 5.78 Å². The molecule has 0 aliphatic heterocycles. The maximum atomic E-state index is 13.6. The quantitative estimate of drug-likeness (QED) is 0.278. The van der Waals surface area contributed by atoms with Gasteiger partial charge in [-0.15, -0.1) is 0 Å². The van der Waals surface area contributed by atoms with Crippen LogP contribution in [0.3, 0.4) is 0 Å². The summed E-state index contributed by atoms with van der Waals surface area (Å²) in [5.41, 5.74) is 1.06. The smallest absolute Gasteiger partial charge is 0.268 e. The lowest BCUT2D eigenvalue weighted by Gasteiger charge is -2.10. The third kappa shape index (κ3) is 3.42. The molecule has 0 bridgehead atoms.